The number of H-pyrrole nitrogens is 1. The van der Waals surface area contributed by atoms with E-state index in [0.717, 1.165) is 15.8 Å². The second-order valence-corrected chi connectivity index (χ2v) is 8.45. The van der Waals surface area contributed by atoms with Crippen molar-refractivity contribution in [3.8, 4) is 0 Å². The van der Waals surface area contributed by atoms with E-state index in [1.165, 1.54) is 11.3 Å². The average molecular weight is 429 g/mol. The van der Waals surface area contributed by atoms with Gasteiger partial charge in [0.25, 0.3) is 5.91 Å². The Morgan fingerprint density at radius 2 is 2.27 bits per heavy atom. The molecule has 10 heteroatoms. The second-order valence-electron chi connectivity index (χ2n) is 7.45. The third kappa shape index (κ3) is 3.92. The smallest absolute Gasteiger partial charge is 0.261 e. The lowest BCUT2D eigenvalue weighted by Crippen LogP contribution is -2.43. The topological polar surface area (TPSA) is 113 Å². The van der Waals surface area contributed by atoms with E-state index in [2.05, 4.69) is 25.5 Å². The highest BCUT2D eigenvalue weighted by Gasteiger charge is 2.31. The van der Waals surface area contributed by atoms with Crippen LogP contribution in [0.3, 0.4) is 0 Å². The summed E-state index contributed by atoms with van der Waals surface area (Å²) < 4.78 is 6.00. The average Bonchev–Trinajstić information content (AvgIpc) is 3.38. The lowest BCUT2D eigenvalue weighted by Gasteiger charge is -2.33. The van der Waals surface area contributed by atoms with Crippen molar-refractivity contribution in [3.63, 3.8) is 0 Å². The number of aromatic nitrogens is 4. The van der Waals surface area contributed by atoms with Crippen molar-refractivity contribution in [1.29, 1.82) is 0 Å². The zero-order valence-corrected chi connectivity index (χ0v) is 18.0. The molecule has 3 aromatic rings. The van der Waals surface area contributed by atoms with Gasteiger partial charge in [-0.05, 0) is 6.07 Å². The summed E-state index contributed by atoms with van der Waals surface area (Å²) in [5, 5.41) is 10.6. The Balaban J connectivity index is 1.56. The summed E-state index contributed by atoms with van der Waals surface area (Å²) in [7, 11) is 1.60. The maximum Gasteiger partial charge on any atom is 0.261 e. The Kier molecular flexibility index (Phi) is 5.78. The van der Waals surface area contributed by atoms with E-state index < -0.39 is 6.10 Å². The lowest BCUT2D eigenvalue weighted by molar-refractivity contribution is -0.138. The summed E-state index contributed by atoms with van der Waals surface area (Å²) in [6.45, 7) is 5.27. The van der Waals surface area contributed by atoms with Gasteiger partial charge in [-0.15, -0.1) is 11.3 Å². The summed E-state index contributed by atoms with van der Waals surface area (Å²) in [6, 6.07) is 3.78. The van der Waals surface area contributed by atoms with E-state index >= 15 is 0 Å². The molecule has 0 saturated carbocycles. The Bertz CT molecular complexity index is 1080. The first-order valence-corrected chi connectivity index (χ1v) is 10.7. The molecular weight excluding hydrogens is 404 g/mol. The molecule has 1 atom stereocenters. The third-order valence-electron chi connectivity index (χ3n) is 5.06. The van der Waals surface area contributed by atoms with Crippen LogP contribution in [0, 0.1) is 0 Å². The fourth-order valence-corrected chi connectivity index (χ4v) is 4.65. The van der Waals surface area contributed by atoms with Crippen molar-refractivity contribution < 1.29 is 14.3 Å². The summed E-state index contributed by atoms with van der Waals surface area (Å²) >= 11 is 1.34. The van der Waals surface area contributed by atoms with E-state index in [-0.39, 0.29) is 24.2 Å². The highest BCUT2D eigenvalue weighted by atomic mass is 32.1. The number of aromatic amines is 1. The van der Waals surface area contributed by atoms with Crippen LogP contribution in [0.5, 0.6) is 0 Å². The van der Waals surface area contributed by atoms with E-state index in [0.29, 0.717) is 36.2 Å². The van der Waals surface area contributed by atoms with Gasteiger partial charge < -0.3 is 15.0 Å². The maximum atomic E-state index is 12.9. The number of hydrogen-bond donors (Lipinski definition) is 2. The molecule has 3 aromatic heterocycles. The van der Waals surface area contributed by atoms with Gasteiger partial charge >= 0.3 is 0 Å². The van der Waals surface area contributed by atoms with Crippen molar-refractivity contribution in [1.82, 2.24) is 30.4 Å². The zero-order valence-electron chi connectivity index (χ0n) is 17.1. The van der Waals surface area contributed by atoms with Crippen LogP contribution in [0.25, 0.3) is 10.2 Å². The molecule has 1 fully saturated rings. The van der Waals surface area contributed by atoms with Crippen molar-refractivity contribution in [3.05, 3.63) is 40.4 Å². The van der Waals surface area contributed by atoms with E-state index in [1.54, 1.807) is 18.1 Å². The number of hydrogen-bond acceptors (Lipinski definition) is 7. The largest absolute Gasteiger partial charge is 0.370 e. The summed E-state index contributed by atoms with van der Waals surface area (Å²) in [4.78, 5) is 37.3. The molecule has 1 unspecified atom stereocenters. The molecule has 0 aromatic carbocycles. The van der Waals surface area contributed by atoms with Crippen LogP contribution < -0.4 is 5.32 Å². The normalized spacial score (nSPS) is 16.9. The number of thiophene rings is 1. The van der Waals surface area contributed by atoms with Crippen molar-refractivity contribution in [2.24, 2.45) is 0 Å². The van der Waals surface area contributed by atoms with Crippen LogP contribution in [-0.2, 0) is 16.0 Å². The minimum absolute atomic E-state index is 0.0473. The van der Waals surface area contributed by atoms with Gasteiger partial charge in [-0.3, -0.25) is 14.7 Å². The number of morpholine rings is 1. The molecule has 0 spiro atoms. The van der Waals surface area contributed by atoms with Crippen molar-refractivity contribution in [2.45, 2.75) is 32.3 Å². The highest BCUT2D eigenvalue weighted by molar-refractivity contribution is 7.20. The SMILES string of the molecule is CNC(=O)c1sc2ncccc2c1C1CN(C(=O)Cc2nc(C(C)C)n[nH]2)CCO1. The van der Waals surface area contributed by atoms with E-state index in [4.69, 9.17) is 4.74 Å². The van der Waals surface area contributed by atoms with Crippen LogP contribution in [0.4, 0.5) is 0 Å². The Hall–Kier alpha value is -2.85. The van der Waals surface area contributed by atoms with Gasteiger partial charge in [-0.1, -0.05) is 19.9 Å². The van der Waals surface area contributed by atoms with Gasteiger partial charge in [0.1, 0.15) is 21.6 Å². The molecule has 1 saturated heterocycles. The quantitative estimate of drug-likeness (QED) is 0.643. The Morgan fingerprint density at radius 3 is 3.00 bits per heavy atom. The van der Waals surface area contributed by atoms with Gasteiger partial charge in [0.2, 0.25) is 5.91 Å². The molecular formula is C20H24N6O3S. The van der Waals surface area contributed by atoms with Crippen molar-refractivity contribution >= 4 is 33.4 Å². The Labute approximate surface area is 177 Å². The summed E-state index contributed by atoms with van der Waals surface area (Å²) in [5.74, 6) is 1.23. The number of pyridine rings is 1. The number of amides is 2. The van der Waals surface area contributed by atoms with Crippen LogP contribution in [0.2, 0.25) is 0 Å². The number of carbonyl (C=O) groups excluding carboxylic acids is 2. The number of rotatable bonds is 5. The number of ether oxygens (including phenoxy) is 1. The molecule has 30 heavy (non-hydrogen) atoms. The minimum Gasteiger partial charge on any atom is -0.370 e. The Morgan fingerprint density at radius 1 is 1.43 bits per heavy atom. The number of carbonyl (C=O) groups is 2. The van der Waals surface area contributed by atoms with Gasteiger partial charge in [0.05, 0.1) is 19.6 Å². The number of nitrogens with one attached hydrogen (secondary N) is 2. The van der Waals surface area contributed by atoms with E-state index in [1.807, 2.05) is 26.0 Å². The molecule has 9 nitrogen and oxygen atoms in total. The first kappa shape index (κ1) is 20.4. The fourth-order valence-electron chi connectivity index (χ4n) is 3.51. The second kappa shape index (κ2) is 8.49. The van der Waals surface area contributed by atoms with Crippen molar-refractivity contribution in [2.75, 3.05) is 26.7 Å². The standard InChI is InChI=1S/C20H24N6O3S/c1-11(2)18-23-14(24-25-18)9-15(27)26-7-8-29-13(10-26)16-12-5-4-6-22-20(12)30-17(16)19(28)21-3/h4-6,11,13H,7-10H2,1-3H3,(H,21,28)(H,23,24,25). The zero-order chi connectivity index (χ0) is 21.3. The molecule has 1 aliphatic rings. The molecule has 4 heterocycles. The van der Waals surface area contributed by atoms with Crippen LogP contribution >= 0.6 is 11.3 Å². The molecule has 2 N–H and O–H groups in total. The van der Waals surface area contributed by atoms with Crippen LogP contribution in [0.1, 0.15) is 52.8 Å². The first-order valence-electron chi connectivity index (χ1n) is 9.88. The number of fused-ring (bicyclic) bond motifs is 1. The van der Waals surface area contributed by atoms with Gasteiger partial charge in [0, 0.05) is 36.7 Å². The molecule has 4 rings (SSSR count). The van der Waals surface area contributed by atoms with Gasteiger partial charge in [-0.25, -0.2) is 9.97 Å². The van der Waals surface area contributed by atoms with Crippen LogP contribution in [0.15, 0.2) is 18.3 Å². The molecule has 158 valence electrons. The molecule has 0 bridgehead atoms. The third-order valence-corrected chi connectivity index (χ3v) is 6.19. The fraction of sp³-hybridized carbons (Fsp3) is 0.450. The summed E-state index contributed by atoms with van der Waals surface area (Å²) in [5.41, 5.74) is 0.793. The minimum atomic E-state index is -0.395. The highest BCUT2D eigenvalue weighted by Crippen LogP contribution is 2.37. The molecule has 2 amide bonds. The molecule has 1 aliphatic heterocycles. The molecule has 0 aliphatic carbocycles. The lowest BCUT2D eigenvalue weighted by atomic mass is 10.0. The predicted molar refractivity (Wildman–Crippen MR) is 112 cm³/mol. The summed E-state index contributed by atoms with van der Waals surface area (Å²) in [6.07, 6.45) is 1.46. The van der Waals surface area contributed by atoms with E-state index in [9.17, 15) is 9.59 Å². The van der Waals surface area contributed by atoms with Gasteiger partial charge in [0.15, 0.2) is 5.82 Å². The number of nitrogens with zero attached hydrogens (tertiary/aromatic N) is 4. The monoisotopic (exact) mass is 428 g/mol. The molecule has 0 radical (unpaired) electrons. The predicted octanol–water partition coefficient (Wildman–Crippen LogP) is 2.04. The maximum absolute atomic E-state index is 12.9. The van der Waals surface area contributed by atoms with Gasteiger partial charge in [-0.2, -0.15) is 5.10 Å². The first-order chi connectivity index (χ1) is 14.5. The van der Waals surface area contributed by atoms with Crippen LogP contribution in [-0.4, -0.2) is 63.6 Å².